The Morgan fingerprint density at radius 1 is 1.33 bits per heavy atom. The maximum absolute atomic E-state index is 12.9. The van der Waals surface area contributed by atoms with Crippen LogP contribution in [0.2, 0.25) is 5.02 Å². The van der Waals surface area contributed by atoms with Crippen molar-refractivity contribution >= 4 is 23.4 Å². The van der Waals surface area contributed by atoms with E-state index < -0.39 is 0 Å². The van der Waals surface area contributed by atoms with Crippen molar-refractivity contribution in [1.29, 1.82) is 5.26 Å². The third-order valence-corrected chi connectivity index (χ3v) is 5.50. The van der Waals surface area contributed by atoms with Gasteiger partial charge in [0.2, 0.25) is 17.5 Å². The lowest BCUT2D eigenvalue weighted by molar-refractivity contribution is -0.135. The Labute approximate surface area is 179 Å². The number of rotatable bonds is 5. The van der Waals surface area contributed by atoms with Gasteiger partial charge in [0, 0.05) is 37.6 Å². The normalized spacial score (nSPS) is 14.5. The lowest BCUT2D eigenvalue weighted by Crippen LogP contribution is -2.41. The van der Waals surface area contributed by atoms with Crippen LogP contribution in [0.15, 0.2) is 51.5 Å². The molecule has 1 saturated heterocycles. The van der Waals surface area contributed by atoms with Crippen LogP contribution in [0.3, 0.4) is 0 Å². The number of furan rings is 1. The van der Waals surface area contributed by atoms with Gasteiger partial charge < -0.3 is 18.6 Å². The fourth-order valence-electron chi connectivity index (χ4n) is 3.73. The maximum Gasteiger partial charge on any atom is 0.266 e. The monoisotopic (exact) mass is 424 g/mol. The number of nitrogens with zero attached hydrogens (tertiary/aromatic N) is 4. The van der Waals surface area contributed by atoms with E-state index >= 15 is 0 Å². The van der Waals surface area contributed by atoms with E-state index in [4.69, 9.17) is 20.4 Å². The molecule has 1 aliphatic rings. The van der Waals surface area contributed by atoms with Crippen LogP contribution in [0.5, 0.6) is 0 Å². The average Bonchev–Trinajstić information content (AvgIpc) is 3.43. The fraction of sp³-hybridized carbons (Fsp3) is 0.318. The number of nitriles is 1. The van der Waals surface area contributed by atoms with E-state index in [2.05, 4.69) is 11.1 Å². The molecule has 4 rings (SSSR count). The van der Waals surface area contributed by atoms with Crippen LogP contribution < -0.4 is 4.90 Å². The molecule has 0 unspecified atom stereocenters. The second kappa shape index (κ2) is 8.64. The third kappa shape index (κ3) is 4.19. The van der Waals surface area contributed by atoms with E-state index in [1.54, 1.807) is 17.0 Å². The summed E-state index contributed by atoms with van der Waals surface area (Å²) in [6.45, 7) is 1.75. The van der Waals surface area contributed by atoms with Crippen molar-refractivity contribution in [2.45, 2.75) is 19.4 Å². The van der Waals surface area contributed by atoms with Gasteiger partial charge in [-0.2, -0.15) is 10.2 Å². The smallest absolute Gasteiger partial charge is 0.266 e. The van der Waals surface area contributed by atoms with Crippen molar-refractivity contribution < 1.29 is 13.6 Å². The van der Waals surface area contributed by atoms with Gasteiger partial charge in [0.15, 0.2) is 5.76 Å². The lowest BCUT2D eigenvalue weighted by atomic mass is 9.95. The second-order valence-corrected chi connectivity index (χ2v) is 7.78. The predicted molar refractivity (Wildman–Crippen MR) is 112 cm³/mol. The van der Waals surface area contributed by atoms with Gasteiger partial charge in [-0.15, -0.1) is 0 Å². The van der Waals surface area contributed by atoms with Crippen LogP contribution in [0, 0.1) is 17.2 Å². The van der Waals surface area contributed by atoms with E-state index in [1.165, 1.54) is 6.26 Å². The zero-order valence-electron chi connectivity index (χ0n) is 16.5. The standard InChI is InChI=1S/C22H21ClN4O3/c1-26(14-15-4-2-5-17(23)12-15)21(28)16-7-9-27(10-8-16)22-18(13-24)25-20(30-22)19-6-3-11-29-19/h2-6,11-12,16H,7-10,14H2,1H3. The Morgan fingerprint density at radius 2 is 2.13 bits per heavy atom. The fourth-order valence-corrected chi connectivity index (χ4v) is 3.95. The van der Waals surface area contributed by atoms with Crippen LogP contribution in [-0.2, 0) is 11.3 Å². The summed E-state index contributed by atoms with van der Waals surface area (Å²) < 4.78 is 11.1. The van der Waals surface area contributed by atoms with E-state index in [-0.39, 0.29) is 23.4 Å². The first-order chi connectivity index (χ1) is 14.5. The molecule has 30 heavy (non-hydrogen) atoms. The summed E-state index contributed by atoms with van der Waals surface area (Å²) in [4.78, 5) is 20.8. The number of amides is 1. The molecule has 8 heteroatoms. The van der Waals surface area contributed by atoms with Crippen LogP contribution in [-0.4, -0.2) is 35.9 Å². The number of hydrogen-bond donors (Lipinski definition) is 0. The summed E-state index contributed by atoms with van der Waals surface area (Å²) in [5, 5.41) is 10.1. The molecule has 0 atom stereocenters. The van der Waals surface area contributed by atoms with Crippen LogP contribution in [0.1, 0.15) is 24.1 Å². The number of oxazole rings is 1. The number of carbonyl (C=O) groups is 1. The second-order valence-electron chi connectivity index (χ2n) is 7.35. The molecule has 1 amide bonds. The van der Waals surface area contributed by atoms with E-state index in [0.717, 1.165) is 5.56 Å². The van der Waals surface area contributed by atoms with Gasteiger partial charge in [0.1, 0.15) is 6.07 Å². The molecule has 0 saturated carbocycles. The minimum Gasteiger partial charge on any atom is -0.459 e. The van der Waals surface area contributed by atoms with Gasteiger partial charge >= 0.3 is 0 Å². The Kier molecular flexibility index (Phi) is 5.77. The third-order valence-electron chi connectivity index (χ3n) is 5.26. The largest absolute Gasteiger partial charge is 0.459 e. The SMILES string of the molecule is CN(Cc1cccc(Cl)c1)C(=O)C1CCN(c2oc(-c3ccco3)nc2C#N)CC1. The highest BCUT2D eigenvalue weighted by Crippen LogP contribution is 2.31. The Bertz CT molecular complexity index is 1060. The number of halogens is 1. The number of piperidine rings is 1. The molecule has 3 heterocycles. The Morgan fingerprint density at radius 3 is 2.80 bits per heavy atom. The molecule has 2 aromatic heterocycles. The summed E-state index contributed by atoms with van der Waals surface area (Å²) in [5.74, 6) is 1.24. The van der Waals surface area contributed by atoms with Gasteiger partial charge in [0.05, 0.1) is 6.26 Å². The molecule has 1 fully saturated rings. The van der Waals surface area contributed by atoms with Crippen LogP contribution >= 0.6 is 11.6 Å². The van der Waals surface area contributed by atoms with Gasteiger partial charge in [-0.25, -0.2) is 0 Å². The van der Waals surface area contributed by atoms with Crippen molar-refractivity contribution in [3.63, 3.8) is 0 Å². The van der Waals surface area contributed by atoms with Gasteiger partial charge in [-0.3, -0.25) is 4.79 Å². The summed E-state index contributed by atoms with van der Waals surface area (Å²) in [5.41, 5.74) is 1.23. The summed E-state index contributed by atoms with van der Waals surface area (Å²) in [6, 6.07) is 13.1. The molecule has 3 aromatic rings. The van der Waals surface area contributed by atoms with E-state index in [9.17, 15) is 10.1 Å². The Balaban J connectivity index is 1.39. The molecule has 0 radical (unpaired) electrons. The number of hydrogen-bond acceptors (Lipinski definition) is 6. The van der Waals surface area contributed by atoms with Gasteiger partial charge in [0.25, 0.3) is 5.89 Å². The van der Waals surface area contributed by atoms with Gasteiger partial charge in [-0.1, -0.05) is 23.7 Å². The first-order valence-electron chi connectivity index (χ1n) is 9.74. The molecule has 0 aliphatic carbocycles. The molecule has 7 nitrogen and oxygen atoms in total. The maximum atomic E-state index is 12.9. The highest BCUT2D eigenvalue weighted by Gasteiger charge is 2.30. The summed E-state index contributed by atoms with van der Waals surface area (Å²) in [7, 11) is 1.81. The number of anilines is 1. The molecule has 154 valence electrons. The molecular formula is C22H21ClN4O3. The lowest BCUT2D eigenvalue weighted by Gasteiger charge is -2.33. The van der Waals surface area contributed by atoms with Crippen molar-refractivity contribution in [3.8, 4) is 17.7 Å². The zero-order valence-corrected chi connectivity index (χ0v) is 17.3. The van der Waals surface area contributed by atoms with Crippen LogP contribution in [0.25, 0.3) is 11.7 Å². The Hall–Kier alpha value is -3.24. The van der Waals surface area contributed by atoms with Crippen molar-refractivity contribution in [2.24, 2.45) is 5.92 Å². The predicted octanol–water partition coefficient (Wildman–Crippen LogP) is 4.33. The van der Waals surface area contributed by atoms with E-state index in [1.807, 2.05) is 36.2 Å². The average molecular weight is 425 g/mol. The topological polar surface area (TPSA) is 86.5 Å². The quantitative estimate of drug-likeness (QED) is 0.605. The summed E-state index contributed by atoms with van der Waals surface area (Å²) >= 11 is 6.04. The van der Waals surface area contributed by atoms with Crippen LogP contribution in [0.4, 0.5) is 5.88 Å². The first-order valence-corrected chi connectivity index (χ1v) is 10.1. The molecule has 0 bridgehead atoms. The minimum absolute atomic E-state index is 0.0663. The number of aromatic nitrogens is 1. The number of carbonyl (C=O) groups excluding carboxylic acids is 1. The van der Waals surface area contributed by atoms with Gasteiger partial charge in [-0.05, 0) is 42.7 Å². The van der Waals surface area contributed by atoms with Crippen molar-refractivity contribution in [1.82, 2.24) is 9.88 Å². The molecule has 0 N–H and O–H groups in total. The highest BCUT2D eigenvalue weighted by atomic mass is 35.5. The first kappa shape index (κ1) is 20.0. The molecule has 1 aromatic carbocycles. The van der Waals surface area contributed by atoms with Crippen molar-refractivity contribution in [2.75, 3.05) is 25.0 Å². The molecule has 0 spiro atoms. The zero-order chi connectivity index (χ0) is 21.1. The van der Waals surface area contributed by atoms with E-state index in [0.29, 0.717) is 49.1 Å². The molecular weight excluding hydrogens is 404 g/mol. The van der Waals surface area contributed by atoms with Crippen molar-refractivity contribution in [3.05, 3.63) is 58.9 Å². The summed E-state index contributed by atoms with van der Waals surface area (Å²) in [6.07, 6.45) is 2.89. The highest BCUT2D eigenvalue weighted by molar-refractivity contribution is 6.30. The minimum atomic E-state index is -0.0663. The molecule has 1 aliphatic heterocycles. The number of benzene rings is 1.